The summed E-state index contributed by atoms with van der Waals surface area (Å²) in [6, 6.07) is 14.8. The molecule has 0 unspecified atom stereocenters. The molecular formula is C22H20ClN3O3. The quantitative estimate of drug-likeness (QED) is 0.469. The van der Waals surface area contributed by atoms with Crippen LogP contribution in [0.4, 0.5) is 5.82 Å². The van der Waals surface area contributed by atoms with Gasteiger partial charge in [0.15, 0.2) is 5.76 Å². The van der Waals surface area contributed by atoms with Gasteiger partial charge in [0.2, 0.25) is 0 Å². The monoisotopic (exact) mass is 409 g/mol. The van der Waals surface area contributed by atoms with E-state index < -0.39 is 0 Å². The summed E-state index contributed by atoms with van der Waals surface area (Å²) in [6.07, 6.45) is 1.63. The highest BCUT2D eigenvalue weighted by molar-refractivity contribution is 6.31. The molecule has 29 heavy (non-hydrogen) atoms. The van der Waals surface area contributed by atoms with Crippen molar-refractivity contribution in [3.05, 3.63) is 76.6 Å². The molecule has 0 aliphatic carbocycles. The van der Waals surface area contributed by atoms with Crippen LogP contribution < -0.4 is 10.1 Å². The molecule has 0 spiro atoms. The van der Waals surface area contributed by atoms with Crippen LogP contribution in [0, 0.1) is 6.92 Å². The SMILES string of the molecule is CCOc1ccc2oc(C(=O)Nc3ccnn3Cc3ccccc3Cl)c(C)c2c1. The Morgan fingerprint density at radius 2 is 2.07 bits per heavy atom. The van der Waals surface area contributed by atoms with Gasteiger partial charge in [-0.15, -0.1) is 0 Å². The normalized spacial score (nSPS) is 11.0. The Morgan fingerprint density at radius 3 is 2.86 bits per heavy atom. The van der Waals surface area contributed by atoms with Crippen molar-refractivity contribution in [1.29, 1.82) is 0 Å². The molecule has 0 saturated carbocycles. The molecule has 2 aromatic heterocycles. The van der Waals surface area contributed by atoms with Crippen LogP contribution in [0.2, 0.25) is 5.02 Å². The molecule has 0 saturated heterocycles. The maximum atomic E-state index is 12.9. The zero-order valence-electron chi connectivity index (χ0n) is 16.1. The summed E-state index contributed by atoms with van der Waals surface area (Å²) < 4.78 is 13.0. The summed E-state index contributed by atoms with van der Waals surface area (Å²) >= 11 is 6.24. The van der Waals surface area contributed by atoms with E-state index in [1.54, 1.807) is 16.9 Å². The zero-order chi connectivity index (χ0) is 20.4. The van der Waals surface area contributed by atoms with Crippen LogP contribution in [0.3, 0.4) is 0 Å². The fourth-order valence-corrected chi connectivity index (χ4v) is 3.39. The summed E-state index contributed by atoms with van der Waals surface area (Å²) in [5.74, 6) is 1.23. The molecule has 2 aromatic carbocycles. The van der Waals surface area contributed by atoms with Crippen molar-refractivity contribution in [3.63, 3.8) is 0 Å². The molecule has 1 amide bonds. The molecule has 7 heteroatoms. The predicted molar refractivity (Wildman–Crippen MR) is 113 cm³/mol. The molecule has 2 heterocycles. The number of carbonyl (C=O) groups is 1. The van der Waals surface area contributed by atoms with Crippen LogP contribution in [0.15, 0.2) is 59.1 Å². The molecule has 4 rings (SSSR count). The molecule has 4 aromatic rings. The van der Waals surface area contributed by atoms with Gasteiger partial charge >= 0.3 is 0 Å². The number of anilines is 1. The number of aromatic nitrogens is 2. The third-order valence-electron chi connectivity index (χ3n) is 4.66. The van der Waals surface area contributed by atoms with Crippen molar-refractivity contribution in [3.8, 4) is 5.75 Å². The first-order valence-electron chi connectivity index (χ1n) is 9.29. The number of rotatable bonds is 6. The number of aryl methyl sites for hydroxylation is 1. The Labute approximate surface area is 173 Å². The Hall–Kier alpha value is -3.25. The number of carbonyl (C=O) groups excluding carboxylic acids is 1. The number of nitrogens with one attached hydrogen (secondary N) is 1. The highest BCUT2D eigenvalue weighted by atomic mass is 35.5. The summed E-state index contributed by atoms with van der Waals surface area (Å²) in [5, 5.41) is 8.68. The van der Waals surface area contributed by atoms with E-state index in [1.165, 1.54) is 0 Å². The topological polar surface area (TPSA) is 69.3 Å². The molecule has 148 valence electrons. The third kappa shape index (κ3) is 3.84. The van der Waals surface area contributed by atoms with Gasteiger partial charge in [-0.05, 0) is 43.7 Å². The average Bonchev–Trinajstić information content (AvgIpc) is 3.28. The van der Waals surface area contributed by atoms with E-state index in [1.807, 2.05) is 56.3 Å². The number of halogens is 1. The highest BCUT2D eigenvalue weighted by Gasteiger charge is 2.19. The number of furan rings is 1. The van der Waals surface area contributed by atoms with Gasteiger partial charge in [0.1, 0.15) is 17.2 Å². The van der Waals surface area contributed by atoms with Crippen LogP contribution >= 0.6 is 11.6 Å². The Bertz CT molecular complexity index is 1180. The van der Waals surface area contributed by atoms with E-state index in [4.69, 9.17) is 20.8 Å². The molecule has 1 N–H and O–H groups in total. The van der Waals surface area contributed by atoms with Crippen molar-refractivity contribution in [1.82, 2.24) is 9.78 Å². The highest BCUT2D eigenvalue weighted by Crippen LogP contribution is 2.29. The van der Waals surface area contributed by atoms with Gasteiger partial charge < -0.3 is 14.5 Å². The van der Waals surface area contributed by atoms with E-state index in [0.717, 1.165) is 22.3 Å². The van der Waals surface area contributed by atoms with Crippen molar-refractivity contribution < 1.29 is 13.9 Å². The smallest absolute Gasteiger partial charge is 0.292 e. The fourth-order valence-electron chi connectivity index (χ4n) is 3.20. The van der Waals surface area contributed by atoms with Gasteiger partial charge in [0.05, 0.1) is 19.3 Å². The van der Waals surface area contributed by atoms with E-state index in [-0.39, 0.29) is 11.7 Å². The first kappa shape index (κ1) is 19.1. The lowest BCUT2D eigenvalue weighted by Crippen LogP contribution is -2.16. The van der Waals surface area contributed by atoms with Crippen LogP contribution in [0.25, 0.3) is 11.0 Å². The molecule has 0 aliphatic rings. The van der Waals surface area contributed by atoms with Gasteiger partial charge in [0.25, 0.3) is 5.91 Å². The Balaban J connectivity index is 1.58. The van der Waals surface area contributed by atoms with Crippen LogP contribution in [-0.4, -0.2) is 22.3 Å². The zero-order valence-corrected chi connectivity index (χ0v) is 16.9. The lowest BCUT2D eigenvalue weighted by atomic mass is 10.1. The summed E-state index contributed by atoms with van der Waals surface area (Å²) in [7, 11) is 0. The van der Waals surface area contributed by atoms with Crippen molar-refractivity contribution in [2.45, 2.75) is 20.4 Å². The maximum Gasteiger partial charge on any atom is 0.292 e. The van der Waals surface area contributed by atoms with E-state index in [0.29, 0.717) is 29.6 Å². The van der Waals surface area contributed by atoms with Gasteiger partial charge in [-0.25, -0.2) is 4.68 Å². The maximum absolute atomic E-state index is 12.9. The minimum absolute atomic E-state index is 0.263. The molecule has 0 radical (unpaired) electrons. The average molecular weight is 410 g/mol. The number of benzene rings is 2. The standard InChI is InChI=1S/C22H20ClN3O3/c1-3-28-16-8-9-19-17(12-16)14(2)21(29-19)22(27)25-20-10-11-24-26(20)13-15-6-4-5-7-18(15)23/h4-12H,3,13H2,1-2H3,(H,25,27). The first-order chi connectivity index (χ1) is 14.1. The van der Waals surface area contributed by atoms with Crippen LogP contribution in [0.1, 0.15) is 28.6 Å². The van der Waals surface area contributed by atoms with Gasteiger partial charge in [-0.1, -0.05) is 29.8 Å². The number of hydrogen-bond donors (Lipinski definition) is 1. The predicted octanol–water partition coefficient (Wildman–Crippen LogP) is 5.29. The molecule has 0 bridgehead atoms. The van der Waals surface area contributed by atoms with Gasteiger partial charge in [0, 0.05) is 22.0 Å². The number of hydrogen-bond acceptors (Lipinski definition) is 4. The molecule has 0 fully saturated rings. The van der Waals surface area contributed by atoms with Crippen molar-refractivity contribution in [2.24, 2.45) is 0 Å². The minimum atomic E-state index is -0.336. The lowest BCUT2D eigenvalue weighted by molar-refractivity contribution is 0.0997. The Morgan fingerprint density at radius 1 is 1.24 bits per heavy atom. The number of fused-ring (bicyclic) bond motifs is 1. The molecule has 6 nitrogen and oxygen atoms in total. The van der Waals surface area contributed by atoms with Crippen LogP contribution in [0.5, 0.6) is 5.75 Å². The summed E-state index contributed by atoms with van der Waals surface area (Å²) in [5.41, 5.74) is 2.31. The van der Waals surface area contributed by atoms with E-state index in [2.05, 4.69) is 10.4 Å². The van der Waals surface area contributed by atoms with E-state index >= 15 is 0 Å². The lowest BCUT2D eigenvalue weighted by Gasteiger charge is -2.09. The number of nitrogens with zero attached hydrogens (tertiary/aromatic N) is 2. The Kier molecular flexibility index (Phi) is 5.27. The second-order valence-corrected chi connectivity index (χ2v) is 6.97. The fraction of sp³-hybridized carbons (Fsp3) is 0.182. The largest absolute Gasteiger partial charge is 0.494 e. The molecule has 0 atom stereocenters. The molecular weight excluding hydrogens is 390 g/mol. The van der Waals surface area contributed by atoms with E-state index in [9.17, 15) is 4.79 Å². The van der Waals surface area contributed by atoms with Gasteiger partial charge in [-0.3, -0.25) is 4.79 Å². The number of ether oxygens (including phenoxy) is 1. The van der Waals surface area contributed by atoms with Gasteiger partial charge in [-0.2, -0.15) is 5.10 Å². The summed E-state index contributed by atoms with van der Waals surface area (Å²) in [4.78, 5) is 12.9. The second-order valence-electron chi connectivity index (χ2n) is 6.57. The first-order valence-corrected chi connectivity index (χ1v) is 9.67. The minimum Gasteiger partial charge on any atom is -0.494 e. The third-order valence-corrected chi connectivity index (χ3v) is 5.03. The number of amides is 1. The van der Waals surface area contributed by atoms with Crippen LogP contribution in [-0.2, 0) is 6.54 Å². The van der Waals surface area contributed by atoms with Crippen molar-refractivity contribution >= 4 is 34.3 Å². The van der Waals surface area contributed by atoms with Crippen molar-refractivity contribution in [2.75, 3.05) is 11.9 Å². The molecule has 0 aliphatic heterocycles. The summed E-state index contributed by atoms with van der Waals surface area (Å²) in [6.45, 7) is 4.80. The second kappa shape index (κ2) is 8.01.